The number of rotatable bonds is 7. The van der Waals surface area contributed by atoms with Gasteiger partial charge in [-0.1, -0.05) is 18.2 Å². The predicted octanol–water partition coefficient (Wildman–Crippen LogP) is 5.55. The second-order valence-corrected chi connectivity index (χ2v) is 8.62. The van der Waals surface area contributed by atoms with E-state index in [1.54, 1.807) is 36.4 Å². The van der Waals surface area contributed by atoms with Crippen LogP contribution in [0.2, 0.25) is 0 Å². The van der Waals surface area contributed by atoms with Crippen LogP contribution in [0.15, 0.2) is 101 Å². The molecule has 0 unspecified atom stereocenters. The molecule has 0 atom stereocenters. The first-order chi connectivity index (χ1) is 19.2. The van der Waals surface area contributed by atoms with Crippen LogP contribution < -0.4 is 10.2 Å². The van der Waals surface area contributed by atoms with Crippen molar-refractivity contribution in [1.29, 1.82) is 0 Å². The van der Waals surface area contributed by atoms with Crippen LogP contribution in [0.3, 0.4) is 0 Å². The van der Waals surface area contributed by atoms with E-state index in [9.17, 15) is 34.2 Å². The second kappa shape index (κ2) is 10.4. The van der Waals surface area contributed by atoms with Gasteiger partial charge in [-0.05, 0) is 72.8 Å². The van der Waals surface area contributed by atoms with Gasteiger partial charge in [0.2, 0.25) is 0 Å². The Hall–Kier alpha value is -5.97. The molecule has 3 amide bonds. The van der Waals surface area contributed by atoms with Crippen LogP contribution in [0, 0.1) is 0 Å². The third-order valence-electron chi connectivity index (χ3n) is 5.98. The fourth-order valence-electron chi connectivity index (χ4n) is 4.05. The molecular formula is C29H18N4O7. The van der Waals surface area contributed by atoms with Gasteiger partial charge in [-0.25, -0.2) is 14.5 Å². The third-order valence-corrected chi connectivity index (χ3v) is 5.98. The molecule has 1 aliphatic rings. The number of hydrogen-bond acceptors (Lipinski definition) is 7. The predicted molar refractivity (Wildman–Crippen MR) is 143 cm³/mol. The van der Waals surface area contributed by atoms with Gasteiger partial charge in [0.1, 0.15) is 0 Å². The van der Waals surface area contributed by atoms with E-state index < -0.39 is 29.7 Å². The van der Waals surface area contributed by atoms with Crippen molar-refractivity contribution in [2.45, 2.75) is 0 Å². The quantitative estimate of drug-likeness (QED) is 0.206. The molecule has 196 valence electrons. The summed E-state index contributed by atoms with van der Waals surface area (Å²) in [6.45, 7) is 0. The van der Waals surface area contributed by atoms with Gasteiger partial charge < -0.3 is 15.5 Å². The highest BCUT2D eigenvalue weighted by Gasteiger charge is 2.37. The molecule has 11 nitrogen and oxygen atoms in total. The molecule has 11 heteroatoms. The van der Waals surface area contributed by atoms with Gasteiger partial charge in [-0.3, -0.25) is 14.4 Å². The largest absolute Gasteiger partial charge is 0.478 e. The average Bonchev–Trinajstić information content (AvgIpc) is 3.21. The van der Waals surface area contributed by atoms with E-state index in [-0.39, 0.29) is 33.5 Å². The van der Waals surface area contributed by atoms with E-state index >= 15 is 0 Å². The molecule has 1 heterocycles. The fourth-order valence-corrected chi connectivity index (χ4v) is 4.05. The molecule has 5 rings (SSSR count). The molecule has 0 aliphatic carbocycles. The Morgan fingerprint density at radius 2 is 1.20 bits per heavy atom. The Bertz CT molecular complexity index is 1700. The lowest BCUT2D eigenvalue weighted by molar-refractivity contribution is 0.0695. The van der Waals surface area contributed by atoms with Crippen molar-refractivity contribution in [3.63, 3.8) is 0 Å². The number of carboxylic acids is 2. The van der Waals surface area contributed by atoms with Crippen LogP contribution in [-0.4, -0.2) is 39.9 Å². The summed E-state index contributed by atoms with van der Waals surface area (Å²) in [5, 5.41) is 29.2. The van der Waals surface area contributed by atoms with Gasteiger partial charge in [0, 0.05) is 11.3 Å². The Morgan fingerprint density at radius 3 is 1.80 bits per heavy atom. The molecule has 3 N–H and O–H groups in total. The Balaban J connectivity index is 1.35. The van der Waals surface area contributed by atoms with Crippen molar-refractivity contribution >= 4 is 52.4 Å². The third kappa shape index (κ3) is 5.07. The first-order valence-corrected chi connectivity index (χ1v) is 11.7. The number of nitrogens with one attached hydrogen (secondary N) is 1. The first-order valence-electron chi connectivity index (χ1n) is 11.7. The number of fused-ring (bicyclic) bond motifs is 1. The molecule has 4 aromatic carbocycles. The zero-order chi connectivity index (χ0) is 28.4. The standard InChI is InChI=1S/C29H18N4O7/c34-25(30-21-13-17(28(37)38)12-18(14-21)29(39)40)16-6-11-23-24(15-16)27(36)33(26(23)35)22-9-7-20(8-10-22)32-31-19-4-2-1-3-5-19/h1-15H,(H,30,34)(H,37,38)(H,39,40). The summed E-state index contributed by atoms with van der Waals surface area (Å²) in [5.74, 6) is -4.66. The van der Waals surface area contributed by atoms with Crippen LogP contribution in [0.25, 0.3) is 0 Å². The van der Waals surface area contributed by atoms with Crippen LogP contribution in [0.5, 0.6) is 0 Å². The maximum absolute atomic E-state index is 13.2. The van der Waals surface area contributed by atoms with Gasteiger partial charge in [0.15, 0.2) is 0 Å². The van der Waals surface area contributed by atoms with E-state index in [0.29, 0.717) is 17.1 Å². The summed E-state index contributed by atoms with van der Waals surface area (Å²) < 4.78 is 0. The number of carbonyl (C=O) groups is 5. The molecule has 1 aliphatic heterocycles. The summed E-state index contributed by atoms with van der Waals surface area (Å²) in [4.78, 5) is 62.8. The van der Waals surface area contributed by atoms with Gasteiger partial charge >= 0.3 is 11.9 Å². The van der Waals surface area contributed by atoms with E-state index in [2.05, 4.69) is 15.5 Å². The number of aromatic carboxylic acids is 2. The lowest BCUT2D eigenvalue weighted by atomic mass is 10.0. The molecule has 4 aromatic rings. The summed E-state index contributed by atoms with van der Waals surface area (Å²) in [6, 6.07) is 22.6. The number of carbonyl (C=O) groups excluding carboxylic acids is 3. The Labute approximate surface area is 226 Å². The van der Waals surface area contributed by atoms with E-state index in [1.807, 2.05) is 18.2 Å². The highest BCUT2D eigenvalue weighted by atomic mass is 16.4. The molecule has 0 bridgehead atoms. The average molecular weight is 534 g/mol. The van der Waals surface area contributed by atoms with E-state index in [0.717, 1.165) is 23.1 Å². The van der Waals surface area contributed by atoms with Crippen molar-refractivity contribution in [3.05, 3.63) is 119 Å². The zero-order valence-corrected chi connectivity index (χ0v) is 20.4. The normalized spacial score (nSPS) is 12.4. The zero-order valence-electron chi connectivity index (χ0n) is 20.4. The van der Waals surface area contributed by atoms with Crippen LogP contribution in [-0.2, 0) is 0 Å². The summed E-state index contributed by atoms with van der Waals surface area (Å²) >= 11 is 0. The van der Waals surface area contributed by atoms with Crippen molar-refractivity contribution in [2.75, 3.05) is 10.2 Å². The number of amides is 3. The van der Waals surface area contributed by atoms with Gasteiger partial charge in [0.05, 0.1) is 39.3 Å². The van der Waals surface area contributed by atoms with Gasteiger partial charge in [-0.2, -0.15) is 10.2 Å². The number of azo groups is 1. The maximum Gasteiger partial charge on any atom is 0.335 e. The molecule has 0 spiro atoms. The molecule has 0 saturated heterocycles. The number of hydrogen-bond donors (Lipinski definition) is 3. The van der Waals surface area contributed by atoms with Crippen molar-refractivity contribution in [2.24, 2.45) is 10.2 Å². The number of imide groups is 1. The van der Waals surface area contributed by atoms with E-state index in [4.69, 9.17) is 0 Å². The molecule has 0 fully saturated rings. The molecule has 0 saturated carbocycles. The molecular weight excluding hydrogens is 516 g/mol. The minimum atomic E-state index is -1.37. The summed E-state index contributed by atoms with van der Waals surface area (Å²) in [6.07, 6.45) is 0. The summed E-state index contributed by atoms with van der Waals surface area (Å²) in [5.41, 5.74) is 0.910. The molecule has 40 heavy (non-hydrogen) atoms. The number of carboxylic acid groups (broad SMARTS) is 2. The monoisotopic (exact) mass is 534 g/mol. The lowest BCUT2D eigenvalue weighted by Crippen LogP contribution is -2.29. The number of anilines is 2. The van der Waals surface area contributed by atoms with E-state index in [1.165, 1.54) is 18.2 Å². The molecule has 0 aromatic heterocycles. The maximum atomic E-state index is 13.2. The topological polar surface area (TPSA) is 166 Å². The SMILES string of the molecule is O=C(O)c1cc(NC(=O)c2ccc3c(c2)C(=O)N(c2ccc(N=Nc4ccccc4)cc2)C3=O)cc(C(=O)O)c1. The van der Waals surface area contributed by atoms with Gasteiger partial charge in [-0.15, -0.1) is 0 Å². The van der Waals surface area contributed by atoms with Crippen LogP contribution >= 0.6 is 0 Å². The Kier molecular flexibility index (Phi) is 6.69. The fraction of sp³-hybridized carbons (Fsp3) is 0. The summed E-state index contributed by atoms with van der Waals surface area (Å²) in [7, 11) is 0. The van der Waals surface area contributed by atoms with Gasteiger partial charge in [0.25, 0.3) is 17.7 Å². The molecule has 0 radical (unpaired) electrons. The van der Waals surface area contributed by atoms with Crippen LogP contribution in [0.1, 0.15) is 51.8 Å². The van der Waals surface area contributed by atoms with Crippen LogP contribution in [0.4, 0.5) is 22.7 Å². The number of benzene rings is 4. The Morgan fingerprint density at radius 1 is 0.625 bits per heavy atom. The highest BCUT2D eigenvalue weighted by Crippen LogP contribution is 2.31. The van der Waals surface area contributed by atoms with Crippen molar-refractivity contribution in [1.82, 2.24) is 0 Å². The number of nitrogens with zero attached hydrogens (tertiary/aromatic N) is 3. The van der Waals surface area contributed by atoms with Crippen molar-refractivity contribution in [3.8, 4) is 0 Å². The second-order valence-electron chi connectivity index (χ2n) is 8.62. The lowest BCUT2D eigenvalue weighted by Gasteiger charge is -2.13. The minimum Gasteiger partial charge on any atom is -0.478 e. The smallest absolute Gasteiger partial charge is 0.335 e. The van der Waals surface area contributed by atoms with Crippen molar-refractivity contribution < 1.29 is 34.2 Å². The minimum absolute atomic E-state index is 0.0102. The highest BCUT2D eigenvalue weighted by molar-refractivity contribution is 6.34. The first kappa shape index (κ1) is 25.7.